The average molecular weight is 363 g/mol. The zero-order valence-electron chi connectivity index (χ0n) is 13.4. The molecule has 1 N–H and O–H groups in total. The first-order valence-electron chi connectivity index (χ1n) is 7.20. The molecule has 7 nitrogen and oxygen atoms in total. The first-order chi connectivity index (χ1) is 11.8. The zero-order valence-corrected chi connectivity index (χ0v) is 14.2. The third kappa shape index (κ3) is 3.77. The van der Waals surface area contributed by atoms with Crippen LogP contribution in [0.2, 0.25) is 0 Å². The van der Waals surface area contributed by atoms with Crippen molar-refractivity contribution >= 4 is 15.7 Å². The van der Waals surface area contributed by atoms with E-state index in [0.29, 0.717) is 5.75 Å². The fourth-order valence-corrected chi connectivity index (χ4v) is 3.56. The quantitative estimate of drug-likeness (QED) is 0.746. The minimum absolute atomic E-state index is 0.000797. The van der Waals surface area contributed by atoms with Crippen LogP contribution < -0.4 is 9.46 Å². The monoisotopic (exact) mass is 363 g/mol. The number of hydrogen-bond donors (Lipinski definition) is 1. The number of hydrogen-bond acceptors (Lipinski definition) is 6. The van der Waals surface area contributed by atoms with Crippen molar-refractivity contribution in [2.75, 3.05) is 4.72 Å². The number of sulfonamides is 1. The molecule has 0 unspecified atom stereocenters. The lowest BCUT2D eigenvalue weighted by Crippen LogP contribution is -2.14. The summed E-state index contributed by atoms with van der Waals surface area (Å²) in [6, 6.07) is 8.45. The van der Waals surface area contributed by atoms with Crippen LogP contribution in [-0.4, -0.2) is 18.6 Å². The molecule has 9 heteroatoms. The molecule has 0 aliphatic rings. The lowest BCUT2D eigenvalue weighted by molar-refractivity contribution is 0.390. The molecule has 0 fully saturated rings. The van der Waals surface area contributed by atoms with E-state index >= 15 is 0 Å². The molecule has 0 spiro atoms. The molecule has 0 saturated carbocycles. The van der Waals surface area contributed by atoms with Gasteiger partial charge in [0.15, 0.2) is 10.7 Å². The number of benzene rings is 1. The molecule has 25 heavy (non-hydrogen) atoms. The van der Waals surface area contributed by atoms with E-state index in [0.717, 1.165) is 0 Å². The molecule has 0 aliphatic heterocycles. The summed E-state index contributed by atoms with van der Waals surface area (Å²) in [6.07, 6.45) is 1.31. The highest BCUT2D eigenvalue weighted by Crippen LogP contribution is 2.24. The summed E-state index contributed by atoms with van der Waals surface area (Å²) < 4.78 is 50.4. The predicted molar refractivity (Wildman–Crippen MR) is 87.5 cm³/mol. The minimum atomic E-state index is -3.84. The fourth-order valence-electron chi connectivity index (χ4n) is 2.19. The van der Waals surface area contributed by atoms with Gasteiger partial charge in [0, 0.05) is 6.07 Å². The summed E-state index contributed by atoms with van der Waals surface area (Å²) in [7, 11) is -3.84. The molecule has 2 aromatic heterocycles. The van der Waals surface area contributed by atoms with Crippen LogP contribution in [0.3, 0.4) is 0 Å². The van der Waals surface area contributed by atoms with E-state index in [1.165, 1.54) is 49.5 Å². The Morgan fingerprint density at radius 1 is 1.12 bits per heavy atom. The highest BCUT2D eigenvalue weighted by Gasteiger charge is 2.24. The van der Waals surface area contributed by atoms with E-state index in [-0.39, 0.29) is 33.7 Å². The predicted octanol–water partition coefficient (Wildman–Crippen LogP) is 3.42. The summed E-state index contributed by atoms with van der Waals surface area (Å²) in [4.78, 5) is 4.02. The van der Waals surface area contributed by atoms with Crippen LogP contribution in [0.25, 0.3) is 0 Å². The summed E-state index contributed by atoms with van der Waals surface area (Å²) in [5.74, 6) is 0.489. The Hall–Kier alpha value is -2.94. The molecule has 0 radical (unpaired) electrons. The first kappa shape index (κ1) is 16.9. The van der Waals surface area contributed by atoms with Crippen LogP contribution in [-0.2, 0) is 10.0 Å². The van der Waals surface area contributed by atoms with Gasteiger partial charge in [-0.25, -0.2) is 17.8 Å². The number of aryl methyl sites for hydroxylation is 2. The van der Waals surface area contributed by atoms with Crippen LogP contribution in [0.4, 0.5) is 10.1 Å². The second kappa shape index (κ2) is 6.52. The molecule has 0 atom stereocenters. The van der Waals surface area contributed by atoms with Crippen LogP contribution in [0.15, 0.2) is 52.0 Å². The van der Waals surface area contributed by atoms with E-state index in [1.807, 2.05) is 0 Å². The molecule has 0 amide bonds. The minimum Gasteiger partial charge on any atom is -0.439 e. The van der Waals surface area contributed by atoms with E-state index in [9.17, 15) is 12.8 Å². The smallest absolute Gasteiger partial charge is 0.267 e. The van der Waals surface area contributed by atoms with Gasteiger partial charge in [0.2, 0.25) is 5.88 Å². The average Bonchev–Trinajstić information content (AvgIpc) is 2.91. The van der Waals surface area contributed by atoms with Crippen LogP contribution in [0.5, 0.6) is 11.6 Å². The number of aromatic nitrogens is 2. The van der Waals surface area contributed by atoms with Gasteiger partial charge < -0.3 is 9.26 Å². The molecule has 3 rings (SSSR count). The molecule has 0 saturated heterocycles. The van der Waals surface area contributed by atoms with Crippen molar-refractivity contribution in [2.24, 2.45) is 0 Å². The zero-order chi connectivity index (χ0) is 18.0. The van der Waals surface area contributed by atoms with Crippen LogP contribution in [0.1, 0.15) is 11.5 Å². The molecule has 1 aromatic carbocycles. The summed E-state index contributed by atoms with van der Waals surface area (Å²) in [5.41, 5.74) is 0.528. The van der Waals surface area contributed by atoms with Crippen molar-refractivity contribution in [3.8, 4) is 11.6 Å². The maximum Gasteiger partial charge on any atom is 0.267 e. The maximum absolute atomic E-state index is 12.9. The number of halogens is 1. The molecule has 130 valence electrons. The van der Waals surface area contributed by atoms with Crippen LogP contribution >= 0.6 is 0 Å². The Balaban J connectivity index is 1.75. The highest BCUT2D eigenvalue weighted by molar-refractivity contribution is 7.92. The summed E-state index contributed by atoms with van der Waals surface area (Å²) in [6.45, 7) is 3.06. The van der Waals surface area contributed by atoms with E-state index in [1.54, 1.807) is 6.92 Å². The standard InChI is InChI=1S/C16H14FN3O4S/c1-10-16(11(2)24-19-10)25(21,22)20-13-5-8-15(18-9-13)23-14-6-3-12(17)4-7-14/h3-9,20H,1-2H3. The van der Waals surface area contributed by atoms with Crippen LogP contribution in [0, 0.1) is 19.7 Å². The SMILES string of the molecule is Cc1noc(C)c1S(=O)(=O)Nc1ccc(Oc2ccc(F)cc2)nc1. The van der Waals surface area contributed by atoms with Gasteiger partial charge in [-0.15, -0.1) is 0 Å². The van der Waals surface area contributed by atoms with Gasteiger partial charge in [0.05, 0.1) is 11.9 Å². The third-order valence-corrected chi connectivity index (χ3v) is 4.89. The number of anilines is 1. The second-order valence-corrected chi connectivity index (χ2v) is 6.82. The molecular formula is C16H14FN3O4S. The van der Waals surface area contributed by atoms with Gasteiger partial charge in [0.1, 0.15) is 17.3 Å². The lowest BCUT2D eigenvalue weighted by atomic mass is 10.3. The second-order valence-electron chi connectivity index (χ2n) is 5.20. The third-order valence-electron chi connectivity index (χ3n) is 3.26. The molecule has 3 aromatic rings. The van der Waals surface area contributed by atoms with Gasteiger partial charge in [-0.3, -0.25) is 4.72 Å². The Morgan fingerprint density at radius 2 is 1.84 bits per heavy atom. The van der Waals surface area contributed by atoms with E-state index < -0.39 is 10.0 Å². The molecule has 0 bridgehead atoms. The van der Waals surface area contributed by atoms with E-state index in [2.05, 4.69) is 14.9 Å². The molecular weight excluding hydrogens is 349 g/mol. The Bertz CT molecular complexity index is 964. The van der Waals surface area contributed by atoms with Gasteiger partial charge in [-0.05, 0) is 44.2 Å². The van der Waals surface area contributed by atoms with Crippen molar-refractivity contribution in [1.29, 1.82) is 0 Å². The van der Waals surface area contributed by atoms with Gasteiger partial charge in [0.25, 0.3) is 10.0 Å². The Morgan fingerprint density at radius 3 is 2.40 bits per heavy atom. The van der Waals surface area contributed by atoms with Gasteiger partial charge in [-0.2, -0.15) is 0 Å². The molecule has 0 aliphatic carbocycles. The topological polar surface area (TPSA) is 94.3 Å². The van der Waals surface area contributed by atoms with E-state index in [4.69, 9.17) is 9.26 Å². The summed E-state index contributed by atoms with van der Waals surface area (Å²) in [5, 5.41) is 3.63. The van der Waals surface area contributed by atoms with Crippen molar-refractivity contribution in [3.63, 3.8) is 0 Å². The van der Waals surface area contributed by atoms with Crippen molar-refractivity contribution in [2.45, 2.75) is 18.7 Å². The first-order valence-corrected chi connectivity index (χ1v) is 8.68. The number of rotatable bonds is 5. The number of ether oxygens (including phenoxy) is 1. The van der Waals surface area contributed by atoms with Gasteiger partial charge in [-0.1, -0.05) is 5.16 Å². The maximum atomic E-state index is 12.9. The van der Waals surface area contributed by atoms with Crippen molar-refractivity contribution in [3.05, 3.63) is 59.9 Å². The Kier molecular flexibility index (Phi) is 4.41. The largest absolute Gasteiger partial charge is 0.439 e. The summed E-state index contributed by atoms with van der Waals surface area (Å²) >= 11 is 0. The number of pyridine rings is 1. The fraction of sp³-hybridized carbons (Fsp3) is 0.125. The normalized spacial score (nSPS) is 11.3. The Labute approximate surface area is 143 Å². The highest BCUT2D eigenvalue weighted by atomic mass is 32.2. The number of nitrogens with zero attached hydrogens (tertiary/aromatic N) is 2. The van der Waals surface area contributed by atoms with Crippen molar-refractivity contribution < 1.29 is 22.1 Å². The lowest BCUT2D eigenvalue weighted by Gasteiger charge is -2.08. The van der Waals surface area contributed by atoms with Gasteiger partial charge >= 0.3 is 0 Å². The van der Waals surface area contributed by atoms with Crippen molar-refractivity contribution in [1.82, 2.24) is 10.1 Å². The molecule has 2 heterocycles. The number of nitrogens with one attached hydrogen (secondary N) is 1.